The van der Waals surface area contributed by atoms with Gasteiger partial charge in [-0.25, -0.2) is 9.78 Å². The molecule has 7 nitrogen and oxygen atoms in total. The van der Waals surface area contributed by atoms with Crippen molar-refractivity contribution in [1.29, 1.82) is 0 Å². The maximum Gasteiger partial charge on any atom is 0.318 e. The Bertz CT molecular complexity index is 754. The van der Waals surface area contributed by atoms with Gasteiger partial charge >= 0.3 is 6.03 Å². The molecule has 0 radical (unpaired) electrons. The summed E-state index contributed by atoms with van der Waals surface area (Å²) in [6, 6.07) is 5.26. The van der Waals surface area contributed by atoms with Crippen LogP contribution in [0.2, 0.25) is 0 Å². The Labute approximate surface area is 133 Å². The minimum atomic E-state index is -0.430. The van der Waals surface area contributed by atoms with Gasteiger partial charge in [0.25, 0.3) is 0 Å². The molecule has 0 atom stereocenters. The Morgan fingerprint density at radius 2 is 2.26 bits per heavy atom. The number of nitrogens with two attached hydrogens (primary N) is 1. The largest absolute Gasteiger partial charge is 0.444 e. The molecule has 1 aliphatic heterocycles. The third-order valence-corrected chi connectivity index (χ3v) is 3.90. The molecule has 7 heteroatoms. The van der Waals surface area contributed by atoms with Crippen LogP contribution in [0.5, 0.6) is 0 Å². The van der Waals surface area contributed by atoms with Gasteiger partial charge in [-0.2, -0.15) is 0 Å². The summed E-state index contributed by atoms with van der Waals surface area (Å²) >= 11 is 0. The Morgan fingerprint density at radius 3 is 2.96 bits per heavy atom. The number of amides is 3. The van der Waals surface area contributed by atoms with E-state index in [1.807, 2.05) is 6.07 Å². The normalized spacial score (nSPS) is 13.5. The molecular formula is C16H18N4O3. The lowest BCUT2D eigenvalue weighted by Crippen LogP contribution is -2.42. The van der Waals surface area contributed by atoms with Gasteiger partial charge in [-0.05, 0) is 23.6 Å². The van der Waals surface area contributed by atoms with Crippen LogP contribution < -0.4 is 11.1 Å². The van der Waals surface area contributed by atoms with Crippen molar-refractivity contribution in [3.8, 4) is 0 Å². The van der Waals surface area contributed by atoms with E-state index in [4.69, 9.17) is 10.2 Å². The number of benzene rings is 1. The third-order valence-electron chi connectivity index (χ3n) is 3.90. The first-order chi connectivity index (χ1) is 11.0. The predicted molar refractivity (Wildman–Crippen MR) is 82.5 cm³/mol. The van der Waals surface area contributed by atoms with E-state index >= 15 is 0 Å². The number of urea groups is 1. The highest BCUT2D eigenvalue weighted by molar-refractivity contribution is 5.94. The quantitative estimate of drug-likeness (QED) is 0.892. The summed E-state index contributed by atoms with van der Waals surface area (Å²) in [5.74, 6) is 0.754. The summed E-state index contributed by atoms with van der Waals surface area (Å²) in [7, 11) is 0. The van der Waals surface area contributed by atoms with E-state index in [2.05, 4.69) is 10.3 Å². The number of carbonyl (C=O) groups is 2. The van der Waals surface area contributed by atoms with Crippen LogP contribution >= 0.6 is 0 Å². The monoisotopic (exact) mass is 314 g/mol. The highest BCUT2D eigenvalue weighted by atomic mass is 16.4. The van der Waals surface area contributed by atoms with Crippen LogP contribution in [0.4, 0.5) is 4.79 Å². The fourth-order valence-corrected chi connectivity index (χ4v) is 2.78. The number of primary amides is 1. The molecule has 0 saturated carbocycles. The molecule has 3 rings (SSSR count). The van der Waals surface area contributed by atoms with Crippen LogP contribution in [0, 0.1) is 6.92 Å². The topological polar surface area (TPSA) is 101 Å². The van der Waals surface area contributed by atoms with Crippen LogP contribution in [0.1, 0.15) is 33.1 Å². The lowest BCUT2D eigenvalue weighted by atomic mass is 9.94. The van der Waals surface area contributed by atoms with E-state index < -0.39 is 5.91 Å². The first-order valence-electron chi connectivity index (χ1n) is 7.39. The SMILES string of the molecule is Cc1ncc(CNC(=O)N2CCc3c(cccc3C(N)=O)C2)o1. The van der Waals surface area contributed by atoms with Crippen LogP contribution in [-0.4, -0.2) is 28.4 Å². The third kappa shape index (κ3) is 3.18. The second kappa shape index (κ2) is 6.12. The minimum absolute atomic E-state index is 0.172. The summed E-state index contributed by atoms with van der Waals surface area (Å²) in [4.78, 5) is 29.4. The molecule has 0 unspecified atom stereocenters. The number of oxazole rings is 1. The molecule has 0 bridgehead atoms. The summed E-state index contributed by atoms with van der Waals surface area (Å²) in [5.41, 5.74) is 7.84. The molecule has 0 spiro atoms. The Hall–Kier alpha value is -2.83. The number of hydrogen-bond acceptors (Lipinski definition) is 4. The van der Waals surface area contributed by atoms with Crippen molar-refractivity contribution in [3.63, 3.8) is 0 Å². The Morgan fingerprint density at radius 1 is 1.43 bits per heavy atom. The molecule has 3 N–H and O–H groups in total. The fraction of sp³-hybridized carbons (Fsp3) is 0.312. The number of aryl methyl sites for hydroxylation is 1. The molecule has 1 aliphatic rings. The number of nitrogens with one attached hydrogen (secondary N) is 1. The summed E-state index contributed by atoms with van der Waals surface area (Å²) in [6.07, 6.45) is 2.21. The molecule has 120 valence electrons. The van der Waals surface area contributed by atoms with Crippen molar-refractivity contribution < 1.29 is 14.0 Å². The highest BCUT2D eigenvalue weighted by Gasteiger charge is 2.23. The van der Waals surface area contributed by atoms with Gasteiger partial charge in [-0.15, -0.1) is 0 Å². The summed E-state index contributed by atoms with van der Waals surface area (Å²) < 4.78 is 5.32. The average molecular weight is 314 g/mol. The standard InChI is InChI=1S/C16H18N4O3/c1-10-18-7-12(23-10)8-19-16(22)20-6-5-13-11(9-20)3-2-4-14(13)15(17)21/h2-4,7H,5-6,8-9H2,1H3,(H2,17,21)(H,19,22). The van der Waals surface area contributed by atoms with E-state index in [0.717, 1.165) is 11.1 Å². The molecule has 2 aromatic rings. The van der Waals surface area contributed by atoms with Crippen molar-refractivity contribution in [3.05, 3.63) is 52.7 Å². The van der Waals surface area contributed by atoms with Crippen LogP contribution in [0.15, 0.2) is 28.8 Å². The molecule has 3 amide bonds. The number of carbonyl (C=O) groups excluding carboxylic acids is 2. The zero-order valence-corrected chi connectivity index (χ0v) is 12.8. The Kier molecular flexibility index (Phi) is 4.01. The molecule has 1 aromatic heterocycles. The van der Waals surface area contributed by atoms with Gasteiger partial charge in [-0.3, -0.25) is 4.79 Å². The van der Waals surface area contributed by atoms with Gasteiger partial charge in [0.15, 0.2) is 5.89 Å². The molecule has 2 heterocycles. The molecular weight excluding hydrogens is 296 g/mol. The minimum Gasteiger partial charge on any atom is -0.444 e. The first kappa shape index (κ1) is 15.1. The Balaban J connectivity index is 1.66. The van der Waals surface area contributed by atoms with Gasteiger partial charge < -0.3 is 20.4 Å². The maximum atomic E-state index is 12.3. The van der Waals surface area contributed by atoms with Crippen LogP contribution in [0.3, 0.4) is 0 Å². The van der Waals surface area contributed by atoms with Gasteiger partial charge in [0.2, 0.25) is 5.91 Å². The van der Waals surface area contributed by atoms with E-state index in [-0.39, 0.29) is 6.03 Å². The zero-order chi connectivity index (χ0) is 16.4. The van der Waals surface area contributed by atoms with E-state index in [9.17, 15) is 9.59 Å². The molecule has 1 aromatic carbocycles. The van der Waals surface area contributed by atoms with Crippen molar-refractivity contribution in [1.82, 2.24) is 15.2 Å². The van der Waals surface area contributed by atoms with Gasteiger partial charge in [0.1, 0.15) is 5.76 Å². The van der Waals surface area contributed by atoms with Crippen molar-refractivity contribution in [2.24, 2.45) is 5.73 Å². The number of hydrogen-bond donors (Lipinski definition) is 2. The second-order valence-corrected chi connectivity index (χ2v) is 5.48. The molecule has 0 fully saturated rings. The van der Waals surface area contributed by atoms with E-state index in [1.54, 1.807) is 30.2 Å². The number of fused-ring (bicyclic) bond motifs is 1. The number of aromatic nitrogens is 1. The molecule has 0 aliphatic carbocycles. The van der Waals surface area contributed by atoms with Crippen molar-refractivity contribution >= 4 is 11.9 Å². The number of rotatable bonds is 3. The van der Waals surface area contributed by atoms with Gasteiger partial charge in [0.05, 0.1) is 12.7 Å². The fourth-order valence-electron chi connectivity index (χ4n) is 2.78. The second-order valence-electron chi connectivity index (χ2n) is 5.48. The van der Waals surface area contributed by atoms with Crippen molar-refractivity contribution in [2.75, 3.05) is 6.54 Å². The van der Waals surface area contributed by atoms with Gasteiger partial charge in [0, 0.05) is 25.6 Å². The predicted octanol–water partition coefficient (Wildman–Crippen LogP) is 1.35. The van der Waals surface area contributed by atoms with Crippen molar-refractivity contribution in [2.45, 2.75) is 26.4 Å². The van der Waals surface area contributed by atoms with E-state index in [1.165, 1.54) is 0 Å². The average Bonchev–Trinajstić information content (AvgIpc) is 2.96. The van der Waals surface area contributed by atoms with Crippen LogP contribution in [0.25, 0.3) is 0 Å². The molecule has 23 heavy (non-hydrogen) atoms. The highest BCUT2D eigenvalue weighted by Crippen LogP contribution is 2.22. The summed E-state index contributed by atoms with van der Waals surface area (Å²) in [5, 5.41) is 2.81. The summed E-state index contributed by atoms with van der Waals surface area (Å²) in [6.45, 7) is 3.05. The molecule has 0 saturated heterocycles. The smallest absolute Gasteiger partial charge is 0.318 e. The van der Waals surface area contributed by atoms with Gasteiger partial charge in [-0.1, -0.05) is 12.1 Å². The maximum absolute atomic E-state index is 12.3. The van der Waals surface area contributed by atoms with E-state index in [0.29, 0.717) is 43.3 Å². The number of nitrogens with zero attached hydrogens (tertiary/aromatic N) is 2. The van der Waals surface area contributed by atoms with Crippen LogP contribution in [-0.2, 0) is 19.5 Å². The lowest BCUT2D eigenvalue weighted by Gasteiger charge is -2.29. The lowest BCUT2D eigenvalue weighted by molar-refractivity contribution is 0.0998. The zero-order valence-electron chi connectivity index (χ0n) is 12.8. The first-order valence-corrected chi connectivity index (χ1v) is 7.39.